The molecule has 1 aliphatic carbocycles. The van der Waals surface area contributed by atoms with Crippen LogP contribution in [0.25, 0.3) is 27.8 Å². The average Bonchev–Trinajstić information content (AvgIpc) is 3.61. The summed E-state index contributed by atoms with van der Waals surface area (Å²) in [5.41, 5.74) is 5.81. The van der Waals surface area contributed by atoms with Crippen LogP contribution in [0.3, 0.4) is 0 Å². The van der Waals surface area contributed by atoms with Gasteiger partial charge in [0, 0.05) is 12.7 Å². The van der Waals surface area contributed by atoms with E-state index < -0.39 is 0 Å². The molecule has 0 spiro atoms. The molecule has 2 heterocycles. The first kappa shape index (κ1) is 19.3. The molecule has 0 amide bonds. The van der Waals surface area contributed by atoms with Crippen molar-refractivity contribution in [2.45, 2.75) is 25.7 Å². The Labute approximate surface area is 191 Å². The second-order valence-electron chi connectivity index (χ2n) is 8.46. The Balaban J connectivity index is 1.46. The van der Waals surface area contributed by atoms with Crippen molar-refractivity contribution in [1.82, 2.24) is 19.6 Å². The van der Waals surface area contributed by atoms with Gasteiger partial charge in [0.05, 0.1) is 15.9 Å². The Bertz CT molecular complexity index is 1470. The van der Waals surface area contributed by atoms with Gasteiger partial charge in [-0.3, -0.25) is 4.40 Å². The molecular weight excluding hydrogens is 418 g/mol. The fourth-order valence-electron chi connectivity index (χ4n) is 4.40. The highest BCUT2D eigenvalue weighted by Crippen LogP contribution is 2.41. The quantitative estimate of drug-likeness (QED) is 0.318. The third kappa shape index (κ3) is 3.12. The van der Waals surface area contributed by atoms with E-state index >= 15 is 0 Å². The van der Waals surface area contributed by atoms with Crippen molar-refractivity contribution in [3.8, 4) is 11.1 Å². The summed E-state index contributed by atoms with van der Waals surface area (Å²) in [5.74, 6) is 2.87. The fourth-order valence-corrected chi connectivity index (χ4v) is 4.65. The van der Waals surface area contributed by atoms with E-state index in [9.17, 15) is 0 Å². The van der Waals surface area contributed by atoms with Gasteiger partial charge in [-0.1, -0.05) is 54.1 Å². The lowest BCUT2D eigenvalue weighted by Gasteiger charge is -2.22. The van der Waals surface area contributed by atoms with Gasteiger partial charge in [-0.05, 0) is 66.6 Å². The molecule has 1 fully saturated rings. The number of aromatic nitrogens is 4. The molecule has 1 saturated carbocycles. The minimum absolute atomic E-state index is 0.561. The van der Waals surface area contributed by atoms with Crippen LogP contribution in [-0.4, -0.2) is 26.6 Å². The van der Waals surface area contributed by atoms with E-state index in [1.54, 1.807) is 0 Å². The molecule has 6 rings (SSSR count). The lowest BCUT2D eigenvalue weighted by molar-refractivity contribution is 1.02. The van der Waals surface area contributed by atoms with Gasteiger partial charge in [-0.15, -0.1) is 10.2 Å². The van der Waals surface area contributed by atoms with Crippen molar-refractivity contribution in [2.75, 3.05) is 11.9 Å². The predicted molar refractivity (Wildman–Crippen MR) is 130 cm³/mol. The monoisotopic (exact) mass is 439 g/mol. The molecule has 5 nitrogen and oxygen atoms in total. The zero-order valence-electron chi connectivity index (χ0n) is 18.0. The maximum Gasteiger partial charge on any atom is 0.257 e. The molecule has 5 aromatic rings. The minimum Gasteiger partial charge on any atom is -0.329 e. The topological polar surface area (TPSA) is 46.3 Å². The van der Waals surface area contributed by atoms with Crippen LogP contribution in [-0.2, 0) is 0 Å². The van der Waals surface area contributed by atoms with Gasteiger partial charge in [0.2, 0.25) is 0 Å². The molecule has 0 saturated heterocycles. The van der Waals surface area contributed by atoms with Crippen molar-refractivity contribution < 1.29 is 0 Å². The number of halogens is 1. The summed E-state index contributed by atoms with van der Waals surface area (Å²) < 4.78 is 1.94. The first-order valence-corrected chi connectivity index (χ1v) is 11.2. The van der Waals surface area contributed by atoms with Crippen LogP contribution in [0.4, 0.5) is 11.5 Å². The van der Waals surface area contributed by atoms with Crippen molar-refractivity contribution in [1.29, 1.82) is 0 Å². The van der Waals surface area contributed by atoms with E-state index in [0.717, 1.165) is 34.2 Å². The SMILES string of the molecule is Cc1nnc2nc(N(C)c3cccc(-c4ccc(C5CC5)cc4)c3)c3c(Cl)cccc3n12. The van der Waals surface area contributed by atoms with Gasteiger partial charge >= 0.3 is 0 Å². The Morgan fingerprint density at radius 1 is 0.938 bits per heavy atom. The summed E-state index contributed by atoms with van der Waals surface area (Å²) in [7, 11) is 2.01. The number of hydrogen-bond acceptors (Lipinski definition) is 4. The molecule has 6 heteroatoms. The van der Waals surface area contributed by atoms with Crippen LogP contribution in [0, 0.1) is 6.92 Å². The minimum atomic E-state index is 0.561. The van der Waals surface area contributed by atoms with Crippen LogP contribution in [0.2, 0.25) is 5.02 Å². The highest BCUT2D eigenvalue weighted by Gasteiger charge is 2.23. The molecule has 0 unspecified atom stereocenters. The average molecular weight is 440 g/mol. The van der Waals surface area contributed by atoms with Crippen LogP contribution in [0.1, 0.15) is 30.1 Å². The molecule has 0 atom stereocenters. The molecule has 1 aliphatic rings. The van der Waals surface area contributed by atoms with Gasteiger partial charge in [-0.25, -0.2) is 0 Å². The van der Waals surface area contributed by atoms with Crippen molar-refractivity contribution in [3.63, 3.8) is 0 Å². The second kappa shape index (κ2) is 7.31. The third-order valence-corrected chi connectivity index (χ3v) is 6.63. The maximum absolute atomic E-state index is 6.67. The first-order chi connectivity index (χ1) is 15.6. The normalized spacial score (nSPS) is 13.7. The van der Waals surface area contributed by atoms with Gasteiger partial charge < -0.3 is 4.90 Å². The summed E-state index contributed by atoms with van der Waals surface area (Å²) in [6.07, 6.45) is 2.64. The fraction of sp³-hybridized carbons (Fsp3) is 0.192. The van der Waals surface area contributed by atoms with Crippen LogP contribution in [0.15, 0.2) is 66.7 Å². The summed E-state index contributed by atoms with van der Waals surface area (Å²) in [5, 5.41) is 10.0. The zero-order chi connectivity index (χ0) is 21.8. The third-order valence-electron chi connectivity index (χ3n) is 6.31. The van der Waals surface area contributed by atoms with Crippen LogP contribution < -0.4 is 4.90 Å². The van der Waals surface area contributed by atoms with Crippen LogP contribution >= 0.6 is 11.6 Å². The van der Waals surface area contributed by atoms with E-state index in [1.165, 1.54) is 29.5 Å². The summed E-state index contributed by atoms with van der Waals surface area (Å²) >= 11 is 6.67. The van der Waals surface area contributed by atoms with Crippen molar-refractivity contribution >= 4 is 39.8 Å². The molecule has 158 valence electrons. The lowest BCUT2D eigenvalue weighted by Crippen LogP contribution is -2.13. The number of benzene rings is 3. The van der Waals surface area contributed by atoms with E-state index in [-0.39, 0.29) is 0 Å². The van der Waals surface area contributed by atoms with Crippen LogP contribution in [0.5, 0.6) is 0 Å². The first-order valence-electron chi connectivity index (χ1n) is 10.8. The zero-order valence-corrected chi connectivity index (χ0v) is 18.7. The van der Waals surface area contributed by atoms with E-state index in [2.05, 4.69) is 63.6 Å². The van der Waals surface area contributed by atoms with E-state index in [4.69, 9.17) is 16.6 Å². The number of fused-ring (bicyclic) bond motifs is 3. The van der Waals surface area contributed by atoms with Gasteiger partial charge in [0.1, 0.15) is 11.6 Å². The number of rotatable bonds is 4. The van der Waals surface area contributed by atoms with Crippen molar-refractivity contribution in [2.24, 2.45) is 0 Å². The van der Waals surface area contributed by atoms with Crippen molar-refractivity contribution in [3.05, 3.63) is 83.1 Å². The maximum atomic E-state index is 6.67. The standard InChI is InChI=1S/C26H22ClN5/c1-16-29-30-26-28-25(24-22(27)7-4-8-23(24)32(16)26)31(2)21-6-3-5-20(15-21)19-13-11-18(12-14-19)17-9-10-17/h3-8,11-15,17H,9-10H2,1-2H3. The Hall–Kier alpha value is -3.44. The molecule has 32 heavy (non-hydrogen) atoms. The van der Waals surface area contributed by atoms with Gasteiger partial charge in [0.25, 0.3) is 5.78 Å². The predicted octanol–water partition coefficient (Wildman–Crippen LogP) is 6.55. The molecule has 0 bridgehead atoms. The number of anilines is 2. The molecule has 0 N–H and O–H groups in total. The Kier molecular flexibility index (Phi) is 4.40. The Morgan fingerprint density at radius 3 is 2.50 bits per heavy atom. The summed E-state index contributed by atoms with van der Waals surface area (Å²) in [6, 6.07) is 23.4. The van der Waals surface area contributed by atoms with E-state index in [0.29, 0.717) is 10.8 Å². The number of aryl methyl sites for hydroxylation is 1. The largest absolute Gasteiger partial charge is 0.329 e. The smallest absolute Gasteiger partial charge is 0.257 e. The second-order valence-corrected chi connectivity index (χ2v) is 8.86. The molecule has 2 aromatic heterocycles. The molecule has 0 aliphatic heterocycles. The number of nitrogens with zero attached hydrogens (tertiary/aromatic N) is 5. The number of hydrogen-bond donors (Lipinski definition) is 0. The van der Waals surface area contributed by atoms with E-state index in [1.807, 2.05) is 36.6 Å². The lowest BCUT2D eigenvalue weighted by atomic mass is 10.0. The molecular formula is C26H22ClN5. The molecule has 3 aromatic carbocycles. The highest BCUT2D eigenvalue weighted by molar-refractivity contribution is 6.36. The van der Waals surface area contributed by atoms with Gasteiger partial charge in [-0.2, -0.15) is 4.98 Å². The summed E-state index contributed by atoms with van der Waals surface area (Å²) in [4.78, 5) is 6.90. The Morgan fingerprint density at radius 2 is 1.72 bits per heavy atom. The summed E-state index contributed by atoms with van der Waals surface area (Å²) in [6.45, 7) is 1.92. The molecule has 0 radical (unpaired) electrons. The highest BCUT2D eigenvalue weighted by atomic mass is 35.5. The van der Waals surface area contributed by atoms with Gasteiger partial charge in [0.15, 0.2) is 0 Å².